The van der Waals surface area contributed by atoms with Gasteiger partial charge in [0.1, 0.15) is 5.82 Å². The predicted molar refractivity (Wildman–Crippen MR) is 113 cm³/mol. The van der Waals surface area contributed by atoms with Gasteiger partial charge in [-0.25, -0.2) is 9.18 Å². The van der Waals surface area contributed by atoms with Crippen LogP contribution in [-0.4, -0.2) is 48.7 Å². The van der Waals surface area contributed by atoms with E-state index in [0.29, 0.717) is 18.8 Å². The lowest BCUT2D eigenvalue weighted by molar-refractivity contribution is -0.131. The van der Waals surface area contributed by atoms with Gasteiger partial charge >= 0.3 is 12.5 Å². The average molecular weight is 447 g/mol. The second-order valence-corrected chi connectivity index (χ2v) is 7.50. The van der Waals surface area contributed by atoms with Crippen LogP contribution < -0.4 is 10.2 Å². The number of nitrogens with one attached hydrogen (secondary N) is 1. The van der Waals surface area contributed by atoms with Gasteiger partial charge in [0.25, 0.3) is 5.91 Å². The van der Waals surface area contributed by atoms with Crippen LogP contribution in [0, 0.1) is 5.82 Å². The van der Waals surface area contributed by atoms with Crippen molar-refractivity contribution in [3.05, 3.63) is 65.5 Å². The number of benzene rings is 2. The highest BCUT2D eigenvalue weighted by Crippen LogP contribution is 2.22. The Hall–Kier alpha value is -3.36. The molecule has 1 saturated heterocycles. The lowest BCUT2D eigenvalue weighted by Gasteiger charge is -2.33. The zero-order chi connectivity index (χ0) is 23.1. The van der Waals surface area contributed by atoms with Crippen molar-refractivity contribution in [2.24, 2.45) is 0 Å². The zero-order valence-electron chi connectivity index (χ0n) is 17.4. The van der Waals surface area contributed by atoms with E-state index in [1.165, 1.54) is 17.0 Å². The highest BCUT2D eigenvalue weighted by molar-refractivity contribution is 5.99. The molecule has 0 saturated carbocycles. The summed E-state index contributed by atoms with van der Waals surface area (Å²) in [5.41, 5.74) is 0.763. The van der Waals surface area contributed by atoms with Gasteiger partial charge < -0.3 is 10.2 Å². The van der Waals surface area contributed by atoms with Crippen LogP contribution in [0.4, 0.5) is 23.7 Å². The third-order valence-corrected chi connectivity index (χ3v) is 5.25. The van der Waals surface area contributed by atoms with Crippen molar-refractivity contribution in [3.8, 4) is 0 Å². The van der Waals surface area contributed by atoms with E-state index in [0.717, 1.165) is 25.3 Å². The number of anilines is 1. The normalized spacial score (nSPS) is 13.7. The molecule has 1 aliphatic rings. The SMILES string of the molecule is O=C(CNC(=O)C(F)F)c1ccc(CN(C(=O)N2CCCCC2)c2ccccc2)c(F)c1. The van der Waals surface area contributed by atoms with Crippen molar-refractivity contribution in [2.45, 2.75) is 32.2 Å². The first-order chi connectivity index (χ1) is 15.4. The quantitative estimate of drug-likeness (QED) is 0.653. The van der Waals surface area contributed by atoms with E-state index >= 15 is 0 Å². The van der Waals surface area contributed by atoms with E-state index in [1.807, 2.05) is 6.07 Å². The van der Waals surface area contributed by atoms with Crippen molar-refractivity contribution < 1.29 is 27.6 Å². The maximum atomic E-state index is 14.8. The van der Waals surface area contributed by atoms with E-state index in [1.54, 1.807) is 34.5 Å². The second kappa shape index (κ2) is 10.8. The molecule has 0 bridgehead atoms. The number of para-hydroxylation sites is 1. The molecule has 2 aromatic carbocycles. The number of halogens is 3. The van der Waals surface area contributed by atoms with Gasteiger partial charge in [0, 0.05) is 29.9 Å². The Morgan fingerprint density at radius 2 is 1.69 bits per heavy atom. The summed E-state index contributed by atoms with van der Waals surface area (Å²) >= 11 is 0. The smallest absolute Gasteiger partial charge is 0.324 e. The molecule has 0 radical (unpaired) electrons. The van der Waals surface area contributed by atoms with Gasteiger partial charge in [0.2, 0.25) is 0 Å². The summed E-state index contributed by atoms with van der Waals surface area (Å²) in [7, 11) is 0. The van der Waals surface area contributed by atoms with Crippen LogP contribution >= 0.6 is 0 Å². The lowest BCUT2D eigenvalue weighted by atomic mass is 10.1. The van der Waals surface area contributed by atoms with Crippen LogP contribution in [0.25, 0.3) is 0 Å². The number of Topliss-reactive ketones (excluding diaryl/α,β-unsaturated/α-hetero) is 1. The third kappa shape index (κ3) is 5.87. The van der Waals surface area contributed by atoms with E-state index in [2.05, 4.69) is 0 Å². The van der Waals surface area contributed by atoms with Crippen molar-refractivity contribution in [3.63, 3.8) is 0 Å². The Balaban J connectivity index is 1.76. The van der Waals surface area contributed by atoms with Gasteiger partial charge in [0.15, 0.2) is 5.78 Å². The van der Waals surface area contributed by atoms with Crippen LogP contribution in [0.15, 0.2) is 48.5 Å². The van der Waals surface area contributed by atoms with Crippen molar-refractivity contribution in [1.29, 1.82) is 0 Å². The lowest BCUT2D eigenvalue weighted by Crippen LogP contribution is -2.45. The summed E-state index contributed by atoms with van der Waals surface area (Å²) in [6.07, 6.45) is -0.330. The highest BCUT2D eigenvalue weighted by atomic mass is 19.3. The summed E-state index contributed by atoms with van der Waals surface area (Å²) in [6.45, 7) is 0.582. The minimum atomic E-state index is -3.23. The molecule has 1 heterocycles. The molecule has 2 aromatic rings. The molecule has 0 unspecified atom stereocenters. The molecule has 0 aromatic heterocycles. The number of nitrogens with zero attached hydrogens (tertiary/aromatic N) is 2. The van der Waals surface area contributed by atoms with Crippen molar-refractivity contribution in [2.75, 3.05) is 24.5 Å². The summed E-state index contributed by atoms with van der Waals surface area (Å²) < 4.78 is 39.3. The van der Waals surface area contributed by atoms with Crippen molar-refractivity contribution in [1.82, 2.24) is 10.2 Å². The molecule has 0 spiro atoms. The Kier molecular flexibility index (Phi) is 7.86. The number of urea groups is 1. The average Bonchev–Trinajstić information content (AvgIpc) is 2.82. The number of alkyl halides is 2. The number of hydrogen-bond acceptors (Lipinski definition) is 3. The maximum Gasteiger partial charge on any atom is 0.324 e. The summed E-state index contributed by atoms with van der Waals surface area (Å²) in [6, 6.07) is 12.4. The number of amides is 3. The summed E-state index contributed by atoms with van der Waals surface area (Å²) in [5, 5.41) is 1.80. The first-order valence-corrected chi connectivity index (χ1v) is 10.4. The number of piperidine rings is 1. The molecule has 3 amide bonds. The second-order valence-electron chi connectivity index (χ2n) is 7.50. The Labute approximate surface area is 184 Å². The van der Waals surface area contributed by atoms with Crippen LogP contribution in [-0.2, 0) is 11.3 Å². The highest BCUT2D eigenvalue weighted by Gasteiger charge is 2.25. The van der Waals surface area contributed by atoms with Crippen LogP contribution in [0.2, 0.25) is 0 Å². The Morgan fingerprint density at radius 3 is 2.31 bits per heavy atom. The van der Waals surface area contributed by atoms with Gasteiger partial charge in [-0.3, -0.25) is 14.5 Å². The molecule has 3 rings (SSSR count). The maximum absolute atomic E-state index is 14.8. The fraction of sp³-hybridized carbons (Fsp3) is 0.348. The first-order valence-electron chi connectivity index (χ1n) is 10.4. The molecule has 32 heavy (non-hydrogen) atoms. The largest absolute Gasteiger partial charge is 0.344 e. The van der Waals surface area contributed by atoms with Gasteiger partial charge in [-0.05, 0) is 37.5 Å². The van der Waals surface area contributed by atoms with Gasteiger partial charge in [0.05, 0.1) is 13.1 Å². The van der Waals surface area contributed by atoms with E-state index in [4.69, 9.17) is 0 Å². The molecule has 1 aliphatic heterocycles. The van der Waals surface area contributed by atoms with Gasteiger partial charge in [-0.15, -0.1) is 0 Å². The van der Waals surface area contributed by atoms with E-state index in [-0.39, 0.29) is 23.7 Å². The standard InChI is InChI=1S/C23H24F3N3O3/c24-19-13-16(20(30)14-27-22(31)21(25)26)9-10-17(19)15-29(18-7-3-1-4-8-18)23(32)28-11-5-2-6-12-28/h1,3-4,7-10,13,21H,2,5-6,11-12,14-15H2,(H,27,31). The third-order valence-electron chi connectivity index (χ3n) is 5.25. The van der Waals surface area contributed by atoms with Crippen LogP contribution in [0.1, 0.15) is 35.2 Å². The molecule has 1 N–H and O–H groups in total. The number of carbonyl (C=O) groups excluding carboxylic acids is 3. The molecule has 1 fully saturated rings. The van der Waals surface area contributed by atoms with Crippen LogP contribution in [0.3, 0.4) is 0 Å². The molecule has 6 nitrogen and oxygen atoms in total. The molecular formula is C23H24F3N3O3. The van der Waals surface area contributed by atoms with Gasteiger partial charge in [-0.1, -0.05) is 30.3 Å². The first kappa shape index (κ1) is 23.3. The topological polar surface area (TPSA) is 69.7 Å². The minimum Gasteiger partial charge on any atom is -0.344 e. The molecule has 170 valence electrons. The summed E-state index contributed by atoms with van der Waals surface area (Å²) in [4.78, 5) is 39.4. The Bertz CT molecular complexity index is 963. The fourth-order valence-corrected chi connectivity index (χ4v) is 3.50. The molecule has 0 atom stereocenters. The zero-order valence-corrected chi connectivity index (χ0v) is 17.4. The molecule has 9 heteroatoms. The summed E-state index contributed by atoms with van der Waals surface area (Å²) in [5.74, 6) is -2.97. The number of hydrogen-bond donors (Lipinski definition) is 1. The number of rotatable bonds is 7. The van der Waals surface area contributed by atoms with Crippen LogP contribution in [0.5, 0.6) is 0 Å². The number of likely N-dealkylation sites (tertiary alicyclic amines) is 1. The van der Waals surface area contributed by atoms with E-state index in [9.17, 15) is 27.6 Å². The predicted octanol–water partition coefficient (Wildman–Crippen LogP) is 4.00. The minimum absolute atomic E-state index is 0.0399. The van der Waals surface area contributed by atoms with Crippen molar-refractivity contribution >= 4 is 23.4 Å². The monoisotopic (exact) mass is 447 g/mol. The Morgan fingerprint density at radius 1 is 1.00 bits per heavy atom. The van der Waals surface area contributed by atoms with E-state index < -0.39 is 30.5 Å². The number of ketones is 1. The molecular weight excluding hydrogens is 423 g/mol. The fourth-order valence-electron chi connectivity index (χ4n) is 3.50. The molecule has 0 aliphatic carbocycles. The number of carbonyl (C=O) groups is 3. The van der Waals surface area contributed by atoms with Gasteiger partial charge in [-0.2, -0.15) is 8.78 Å².